The summed E-state index contributed by atoms with van der Waals surface area (Å²) in [6.45, 7) is 4.33. The van der Waals surface area contributed by atoms with Crippen molar-refractivity contribution in [2.24, 2.45) is 0 Å². The lowest BCUT2D eigenvalue weighted by atomic mass is 9.98. The van der Waals surface area contributed by atoms with E-state index in [0.29, 0.717) is 17.8 Å². The minimum absolute atomic E-state index is 0.281. The van der Waals surface area contributed by atoms with Gasteiger partial charge >= 0.3 is 0 Å². The van der Waals surface area contributed by atoms with E-state index in [-0.39, 0.29) is 5.91 Å². The van der Waals surface area contributed by atoms with Crippen LogP contribution in [0.5, 0.6) is 0 Å². The molecule has 1 aliphatic rings. The molecule has 110 valence electrons. The van der Waals surface area contributed by atoms with Gasteiger partial charge in [0.05, 0.1) is 5.75 Å². The average Bonchev–Trinajstić information content (AvgIpc) is 2.41. The lowest BCUT2D eigenvalue weighted by molar-refractivity contribution is -0.134. The van der Waals surface area contributed by atoms with Gasteiger partial charge in [-0.25, -0.2) is 0 Å². The van der Waals surface area contributed by atoms with Crippen LogP contribution in [-0.2, 0) is 10.5 Å². The summed E-state index contributed by atoms with van der Waals surface area (Å²) in [4.78, 5) is 14.4. The van der Waals surface area contributed by atoms with Crippen LogP contribution in [0.4, 0.5) is 0 Å². The molecule has 0 N–H and O–H groups in total. The van der Waals surface area contributed by atoms with E-state index in [0.717, 1.165) is 23.6 Å². The first-order chi connectivity index (χ1) is 9.58. The molecule has 2 rings (SSSR count). The van der Waals surface area contributed by atoms with Crippen molar-refractivity contribution in [2.75, 3.05) is 5.75 Å². The number of nitrogens with zero attached hydrogens (tertiary/aromatic N) is 1. The SMILES string of the molecule is C[C@H]1CCC[C@H](C)N1C(=O)CSCc1ccc(Cl)cc1. The summed E-state index contributed by atoms with van der Waals surface area (Å²) in [6.07, 6.45) is 3.51. The molecular weight excluding hydrogens is 290 g/mol. The molecule has 0 radical (unpaired) electrons. The second-order valence-electron chi connectivity index (χ2n) is 5.55. The van der Waals surface area contributed by atoms with Crippen LogP contribution in [-0.4, -0.2) is 28.6 Å². The number of carbonyl (C=O) groups excluding carboxylic acids is 1. The Morgan fingerprint density at radius 1 is 1.25 bits per heavy atom. The standard InChI is InChI=1S/C16H22ClNOS/c1-12-4-3-5-13(2)18(12)16(19)11-20-10-14-6-8-15(17)9-7-14/h6-9,12-13H,3-5,10-11H2,1-2H3/t12-,13-/m0/s1. The van der Waals surface area contributed by atoms with Crippen molar-refractivity contribution in [1.29, 1.82) is 0 Å². The smallest absolute Gasteiger partial charge is 0.233 e. The lowest BCUT2D eigenvalue weighted by Crippen LogP contribution is -2.48. The molecule has 4 heteroatoms. The summed E-state index contributed by atoms with van der Waals surface area (Å²) in [5.41, 5.74) is 1.21. The molecule has 0 spiro atoms. The topological polar surface area (TPSA) is 20.3 Å². The van der Waals surface area contributed by atoms with Gasteiger partial charge in [0.15, 0.2) is 0 Å². The Morgan fingerprint density at radius 2 is 1.85 bits per heavy atom. The maximum absolute atomic E-state index is 12.3. The highest BCUT2D eigenvalue weighted by atomic mass is 35.5. The first kappa shape index (κ1) is 15.7. The van der Waals surface area contributed by atoms with Crippen LogP contribution in [0.3, 0.4) is 0 Å². The Balaban J connectivity index is 1.81. The fourth-order valence-electron chi connectivity index (χ4n) is 2.82. The van der Waals surface area contributed by atoms with Crippen LogP contribution >= 0.6 is 23.4 Å². The second-order valence-corrected chi connectivity index (χ2v) is 6.97. The fraction of sp³-hybridized carbons (Fsp3) is 0.562. The Kier molecular flexibility index (Phi) is 5.79. The molecular formula is C16H22ClNOS. The number of piperidine rings is 1. The number of carbonyl (C=O) groups is 1. The van der Waals surface area contributed by atoms with Crippen molar-refractivity contribution < 1.29 is 4.79 Å². The third-order valence-corrected chi connectivity index (χ3v) is 5.13. The first-order valence-electron chi connectivity index (χ1n) is 7.21. The molecule has 2 atom stereocenters. The van der Waals surface area contributed by atoms with Crippen LogP contribution < -0.4 is 0 Å². The molecule has 0 aromatic heterocycles. The summed E-state index contributed by atoms with van der Waals surface area (Å²) in [7, 11) is 0. The predicted molar refractivity (Wildman–Crippen MR) is 87.2 cm³/mol. The maximum Gasteiger partial charge on any atom is 0.233 e. The van der Waals surface area contributed by atoms with Crippen LogP contribution in [0, 0.1) is 0 Å². The summed E-state index contributed by atoms with van der Waals surface area (Å²) in [6, 6.07) is 8.62. The minimum atomic E-state index is 0.281. The number of hydrogen-bond acceptors (Lipinski definition) is 2. The van der Waals surface area contributed by atoms with Gasteiger partial charge in [0.25, 0.3) is 0 Å². The highest BCUT2D eigenvalue weighted by molar-refractivity contribution is 7.99. The van der Waals surface area contributed by atoms with E-state index in [1.165, 1.54) is 12.0 Å². The van der Waals surface area contributed by atoms with Crippen LogP contribution in [0.2, 0.25) is 5.02 Å². The summed E-state index contributed by atoms with van der Waals surface area (Å²) in [5, 5.41) is 0.755. The molecule has 1 aliphatic heterocycles. The van der Waals surface area contributed by atoms with E-state index in [1.54, 1.807) is 11.8 Å². The largest absolute Gasteiger partial charge is 0.337 e. The van der Waals surface area contributed by atoms with Crippen molar-refractivity contribution in [1.82, 2.24) is 4.90 Å². The average molecular weight is 312 g/mol. The van der Waals surface area contributed by atoms with E-state index in [9.17, 15) is 4.79 Å². The monoisotopic (exact) mass is 311 g/mol. The number of thioether (sulfide) groups is 1. The third kappa shape index (κ3) is 4.16. The molecule has 2 nitrogen and oxygen atoms in total. The van der Waals surface area contributed by atoms with E-state index in [1.807, 2.05) is 24.3 Å². The summed E-state index contributed by atoms with van der Waals surface area (Å²) in [5.74, 6) is 1.71. The number of rotatable bonds is 4. The van der Waals surface area contributed by atoms with E-state index >= 15 is 0 Å². The van der Waals surface area contributed by atoms with Gasteiger partial charge in [0.1, 0.15) is 0 Å². The Hall–Kier alpha value is -0.670. The highest BCUT2D eigenvalue weighted by Crippen LogP contribution is 2.24. The van der Waals surface area contributed by atoms with Crippen molar-refractivity contribution in [2.45, 2.75) is 50.9 Å². The highest BCUT2D eigenvalue weighted by Gasteiger charge is 2.28. The van der Waals surface area contributed by atoms with Gasteiger partial charge in [-0.05, 0) is 50.8 Å². The number of amides is 1. The Labute approximate surface area is 130 Å². The van der Waals surface area contributed by atoms with E-state index in [2.05, 4.69) is 18.7 Å². The van der Waals surface area contributed by atoms with Gasteiger partial charge in [0, 0.05) is 22.9 Å². The molecule has 1 amide bonds. The normalized spacial score (nSPS) is 22.9. The van der Waals surface area contributed by atoms with Gasteiger partial charge in [-0.3, -0.25) is 4.79 Å². The second kappa shape index (κ2) is 7.37. The number of halogens is 1. The fourth-order valence-corrected chi connectivity index (χ4v) is 3.80. The van der Waals surface area contributed by atoms with Crippen LogP contribution in [0.1, 0.15) is 38.7 Å². The number of hydrogen-bond donors (Lipinski definition) is 0. The van der Waals surface area contributed by atoms with Crippen molar-refractivity contribution in [3.8, 4) is 0 Å². The summed E-state index contributed by atoms with van der Waals surface area (Å²) < 4.78 is 0. The third-order valence-electron chi connectivity index (χ3n) is 3.89. The molecule has 1 saturated heterocycles. The van der Waals surface area contributed by atoms with Gasteiger partial charge in [0.2, 0.25) is 5.91 Å². The molecule has 0 saturated carbocycles. The molecule has 20 heavy (non-hydrogen) atoms. The molecule has 0 unspecified atom stereocenters. The lowest BCUT2D eigenvalue weighted by Gasteiger charge is -2.39. The van der Waals surface area contributed by atoms with Crippen LogP contribution in [0.15, 0.2) is 24.3 Å². The zero-order valence-corrected chi connectivity index (χ0v) is 13.7. The maximum atomic E-state index is 12.3. The number of benzene rings is 1. The van der Waals surface area contributed by atoms with Gasteiger partial charge < -0.3 is 4.90 Å². The zero-order chi connectivity index (χ0) is 14.5. The van der Waals surface area contributed by atoms with Crippen molar-refractivity contribution >= 4 is 29.3 Å². The van der Waals surface area contributed by atoms with E-state index < -0.39 is 0 Å². The molecule has 0 aliphatic carbocycles. The molecule has 1 aromatic rings. The number of likely N-dealkylation sites (tertiary alicyclic amines) is 1. The van der Waals surface area contributed by atoms with Gasteiger partial charge in [-0.1, -0.05) is 23.7 Å². The van der Waals surface area contributed by atoms with Crippen molar-refractivity contribution in [3.05, 3.63) is 34.9 Å². The molecule has 1 fully saturated rings. The van der Waals surface area contributed by atoms with Gasteiger partial charge in [-0.15, -0.1) is 11.8 Å². The molecule has 1 heterocycles. The Morgan fingerprint density at radius 3 is 2.45 bits per heavy atom. The van der Waals surface area contributed by atoms with Gasteiger partial charge in [-0.2, -0.15) is 0 Å². The Bertz CT molecular complexity index is 438. The molecule has 1 aromatic carbocycles. The van der Waals surface area contributed by atoms with E-state index in [4.69, 9.17) is 11.6 Å². The zero-order valence-electron chi connectivity index (χ0n) is 12.1. The quantitative estimate of drug-likeness (QED) is 0.823. The minimum Gasteiger partial charge on any atom is -0.337 e. The summed E-state index contributed by atoms with van der Waals surface area (Å²) >= 11 is 7.55. The first-order valence-corrected chi connectivity index (χ1v) is 8.74. The predicted octanol–water partition coefficient (Wildman–Crippen LogP) is 4.36. The molecule has 0 bridgehead atoms. The van der Waals surface area contributed by atoms with Crippen LogP contribution in [0.25, 0.3) is 0 Å². The van der Waals surface area contributed by atoms with Crippen molar-refractivity contribution in [3.63, 3.8) is 0 Å².